The first-order chi connectivity index (χ1) is 16.8. The number of nitrogens with zero attached hydrogens (tertiary/aromatic N) is 3. The van der Waals surface area contributed by atoms with Crippen LogP contribution in [0.4, 0.5) is 4.39 Å². The molecule has 1 aliphatic heterocycles. The number of amides is 1. The third-order valence-corrected chi connectivity index (χ3v) is 9.26. The molecule has 4 rings (SSSR count). The first kappa shape index (κ1) is 25.7. The summed E-state index contributed by atoms with van der Waals surface area (Å²) in [6.07, 6.45) is 3.53. The minimum absolute atomic E-state index is 0.00925. The molecule has 1 amide bonds. The van der Waals surface area contributed by atoms with Crippen LogP contribution in [0.15, 0.2) is 52.4 Å². The second-order valence-corrected chi connectivity index (χ2v) is 11.4. The molecule has 1 fully saturated rings. The highest BCUT2D eigenvalue weighted by Gasteiger charge is 2.32. The van der Waals surface area contributed by atoms with Crippen molar-refractivity contribution in [3.63, 3.8) is 0 Å². The lowest BCUT2D eigenvalue weighted by Crippen LogP contribution is -2.43. The van der Waals surface area contributed by atoms with E-state index in [9.17, 15) is 17.6 Å². The second-order valence-electron chi connectivity index (χ2n) is 8.46. The van der Waals surface area contributed by atoms with Gasteiger partial charge in [0.25, 0.3) is 5.91 Å². The molecule has 35 heavy (non-hydrogen) atoms. The molecule has 0 aliphatic carbocycles. The summed E-state index contributed by atoms with van der Waals surface area (Å²) in [6.45, 7) is 5.89. The molecule has 1 aromatic heterocycles. The Hall–Kier alpha value is -2.40. The summed E-state index contributed by atoms with van der Waals surface area (Å²) in [5, 5.41) is 0. The number of ether oxygens (including phenoxy) is 1. The number of hydrogen-bond donors (Lipinski definition) is 0. The number of hydrogen-bond acceptors (Lipinski definition) is 5. The lowest BCUT2D eigenvalue weighted by atomic mass is 10.0. The fourth-order valence-electron chi connectivity index (χ4n) is 4.40. The number of benzene rings is 2. The molecule has 0 bridgehead atoms. The maximum absolute atomic E-state index is 13.7. The molecule has 1 unspecified atom stereocenters. The normalized spacial score (nSPS) is 17.8. The predicted molar refractivity (Wildman–Crippen MR) is 134 cm³/mol. The van der Waals surface area contributed by atoms with E-state index in [1.807, 2.05) is 18.4 Å². The summed E-state index contributed by atoms with van der Waals surface area (Å²) in [4.78, 5) is 17.9. The molecule has 10 heteroatoms. The number of fused-ring (bicyclic) bond motifs is 1. The van der Waals surface area contributed by atoms with Crippen molar-refractivity contribution in [1.29, 1.82) is 0 Å². The minimum atomic E-state index is -3.63. The quantitative estimate of drug-likeness (QED) is 0.408. The van der Waals surface area contributed by atoms with Crippen LogP contribution in [0, 0.1) is 5.82 Å². The van der Waals surface area contributed by atoms with Crippen LogP contribution in [0.25, 0.3) is 10.2 Å². The van der Waals surface area contributed by atoms with Crippen LogP contribution in [0.1, 0.15) is 49.9 Å². The Morgan fingerprint density at radius 3 is 2.66 bits per heavy atom. The maximum Gasteiger partial charge on any atom is 0.279 e. The van der Waals surface area contributed by atoms with Gasteiger partial charge in [0.1, 0.15) is 5.82 Å². The average Bonchev–Trinajstić information content (AvgIpc) is 3.19. The van der Waals surface area contributed by atoms with Crippen LogP contribution in [-0.4, -0.2) is 49.0 Å². The van der Waals surface area contributed by atoms with E-state index >= 15 is 0 Å². The molecule has 0 saturated carbocycles. The van der Waals surface area contributed by atoms with E-state index in [1.54, 1.807) is 10.4 Å². The van der Waals surface area contributed by atoms with E-state index in [0.29, 0.717) is 35.8 Å². The first-order valence-corrected chi connectivity index (χ1v) is 14.2. The lowest BCUT2D eigenvalue weighted by Gasteiger charge is -2.34. The van der Waals surface area contributed by atoms with Crippen molar-refractivity contribution in [3.05, 3.63) is 58.6 Å². The van der Waals surface area contributed by atoms with Gasteiger partial charge in [-0.15, -0.1) is 0 Å². The summed E-state index contributed by atoms with van der Waals surface area (Å²) in [5.74, 6) is -0.847. The van der Waals surface area contributed by atoms with Gasteiger partial charge in [0.15, 0.2) is 4.80 Å². The fraction of sp³-hybridized carbons (Fsp3) is 0.440. The highest BCUT2D eigenvalue weighted by atomic mass is 32.2. The van der Waals surface area contributed by atoms with Crippen molar-refractivity contribution in [2.45, 2.75) is 57.0 Å². The molecular weight excluding hydrogens is 489 g/mol. The molecule has 188 valence electrons. The van der Waals surface area contributed by atoms with E-state index < -0.39 is 15.9 Å². The fourth-order valence-corrected chi connectivity index (χ4v) is 7.25. The van der Waals surface area contributed by atoms with Gasteiger partial charge in [0.2, 0.25) is 10.0 Å². The van der Waals surface area contributed by atoms with Crippen molar-refractivity contribution < 1.29 is 22.3 Å². The summed E-state index contributed by atoms with van der Waals surface area (Å²) < 4.78 is 49.7. The van der Waals surface area contributed by atoms with E-state index in [4.69, 9.17) is 4.74 Å². The van der Waals surface area contributed by atoms with Crippen LogP contribution in [0.5, 0.6) is 0 Å². The van der Waals surface area contributed by atoms with Gasteiger partial charge in [0.05, 0.1) is 21.7 Å². The largest absolute Gasteiger partial charge is 0.380 e. The lowest BCUT2D eigenvalue weighted by molar-refractivity contribution is 0.0996. The zero-order chi connectivity index (χ0) is 25.0. The Kier molecular flexibility index (Phi) is 8.16. The topological polar surface area (TPSA) is 81.0 Å². The van der Waals surface area contributed by atoms with Gasteiger partial charge in [-0.2, -0.15) is 9.30 Å². The number of rotatable bonds is 8. The number of thiazole rings is 1. The van der Waals surface area contributed by atoms with E-state index in [1.165, 1.54) is 47.7 Å². The molecule has 0 radical (unpaired) electrons. The SMILES string of the molecule is CCOCCn1c(=NC(=O)c2ccc(S(=O)(=O)N3CCCCC3CC)cc2)sc2cc(F)ccc21. The molecule has 1 aliphatic rings. The summed E-state index contributed by atoms with van der Waals surface area (Å²) >= 11 is 1.23. The highest BCUT2D eigenvalue weighted by Crippen LogP contribution is 2.27. The third kappa shape index (κ3) is 5.55. The second kappa shape index (κ2) is 11.1. The van der Waals surface area contributed by atoms with Crippen molar-refractivity contribution in [2.75, 3.05) is 19.8 Å². The Morgan fingerprint density at radius 1 is 1.17 bits per heavy atom. The van der Waals surface area contributed by atoms with Gasteiger partial charge in [-0.25, -0.2) is 12.8 Å². The van der Waals surface area contributed by atoms with E-state index in [2.05, 4.69) is 4.99 Å². The third-order valence-electron chi connectivity index (χ3n) is 6.26. The summed E-state index contributed by atoms with van der Waals surface area (Å²) in [6, 6.07) is 10.4. The number of carbonyl (C=O) groups excluding carboxylic acids is 1. The molecule has 1 saturated heterocycles. The maximum atomic E-state index is 13.7. The van der Waals surface area contributed by atoms with Gasteiger partial charge in [-0.3, -0.25) is 4.79 Å². The van der Waals surface area contributed by atoms with Crippen LogP contribution in [0.2, 0.25) is 0 Å². The van der Waals surface area contributed by atoms with Crippen molar-refractivity contribution in [3.8, 4) is 0 Å². The minimum Gasteiger partial charge on any atom is -0.380 e. The number of halogens is 1. The van der Waals surface area contributed by atoms with Gasteiger partial charge >= 0.3 is 0 Å². The number of sulfonamides is 1. The van der Waals surface area contributed by atoms with E-state index in [0.717, 1.165) is 31.2 Å². The van der Waals surface area contributed by atoms with Gasteiger partial charge in [0, 0.05) is 31.3 Å². The summed E-state index contributed by atoms with van der Waals surface area (Å²) in [5.41, 5.74) is 1.06. The Labute approximate surface area is 208 Å². The van der Waals surface area contributed by atoms with Crippen LogP contribution in [-0.2, 0) is 21.3 Å². The number of aromatic nitrogens is 1. The zero-order valence-electron chi connectivity index (χ0n) is 19.9. The molecule has 1 atom stereocenters. The molecular formula is C25H30FN3O4S2. The smallest absolute Gasteiger partial charge is 0.279 e. The molecule has 7 nitrogen and oxygen atoms in total. The van der Waals surface area contributed by atoms with Gasteiger partial charge in [-0.1, -0.05) is 24.7 Å². The monoisotopic (exact) mass is 519 g/mol. The molecule has 2 heterocycles. The van der Waals surface area contributed by atoms with Crippen molar-refractivity contribution in [2.24, 2.45) is 4.99 Å². The molecule has 0 spiro atoms. The zero-order valence-corrected chi connectivity index (χ0v) is 21.6. The predicted octanol–water partition coefficient (Wildman–Crippen LogP) is 4.57. The van der Waals surface area contributed by atoms with Crippen molar-refractivity contribution in [1.82, 2.24) is 8.87 Å². The molecule has 0 N–H and O–H groups in total. The number of piperidine rings is 1. The average molecular weight is 520 g/mol. The first-order valence-electron chi connectivity index (χ1n) is 11.9. The Morgan fingerprint density at radius 2 is 1.94 bits per heavy atom. The summed E-state index contributed by atoms with van der Waals surface area (Å²) in [7, 11) is -3.63. The highest BCUT2D eigenvalue weighted by molar-refractivity contribution is 7.89. The van der Waals surface area contributed by atoms with Gasteiger partial charge in [-0.05, 0) is 68.7 Å². The van der Waals surface area contributed by atoms with Gasteiger partial charge < -0.3 is 9.30 Å². The molecule has 3 aromatic rings. The van der Waals surface area contributed by atoms with Crippen LogP contribution in [0.3, 0.4) is 0 Å². The van der Waals surface area contributed by atoms with Crippen LogP contribution >= 0.6 is 11.3 Å². The van der Waals surface area contributed by atoms with Crippen molar-refractivity contribution >= 4 is 37.5 Å². The Bertz CT molecular complexity index is 1360. The number of carbonyl (C=O) groups is 1. The van der Waals surface area contributed by atoms with E-state index in [-0.39, 0.29) is 22.3 Å². The standard InChI is InChI=1S/C25H30FN3O4S2/c1-3-20-7-5-6-14-29(20)35(31,32)21-11-8-18(9-12-21)24(30)27-25-28(15-16-33-4-2)22-13-10-19(26)17-23(22)34-25/h8-13,17,20H,3-7,14-16H2,1-2H3. The Balaban J connectivity index is 1.63. The van der Waals surface area contributed by atoms with Crippen LogP contribution < -0.4 is 4.80 Å². The molecule has 2 aromatic carbocycles.